The van der Waals surface area contributed by atoms with Crippen LogP contribution in [0.5, 0.6) is 0 Å². The van der Waals surface area contributed by atoms with Gasteiger partial charge in [-0.05, 0) is 6.42 Å². The Balaban J connectivity index is 3.37. The first-order valence-electron chi connectivity index (χ1n) is 7.25. The highest BCUT2D eigenvalue weighted by molar-refractivity contribution is 5.87. The number of rotatable bonds is 13. The third-order valence-electron chi connectivity index (χ3n) is 2.78. The van der Waals surface area contributed by atoms with E-state index in [9.17, 15) is 4.79 Å². The second-order valence-corrected chi connectivity index (χ2v) is 4.66. The lowest BCUT2D eigenvalue weighted by molar-refractivity contribution is -0.139. The molecule has 0 aliphatic rings. The van der Waals surface area contributed by atoms with Crippen molar-refractivity contribution < 1.29 is 14.3 Å². The maximum atomic E-state index is 11.5. The third kappa shape index (κ3) is 11.7. The van der Waals surface area contributed by atoms with Crippen molar-refractivity contribution in [2.24, 2.45) is 0 Å². The fourth-order valence-corrected chi connectivity index (χ4v) is 1.65. The van der Waals surface area contributed by atoms with Gasteiger partial charge in [-0.15, -0.1) is 6.58 Å². The Morgan fingerprint density at radius 3 is 2.37 bits per heavy atom. The molecular weight excluding hydrogens is 240 g/mol. The molecule has 19 heavy (non-hydrogen) atoms. The predicted octanol–water partition coefficient (Wildman–Crippen LogP) is 4.04. The van der Waals surface area contributed by atoms with Crippen LogP contribution in [0.25, 0.3) is 0 Å². The van der Waals surface area contributed by atoms with Crippen LogP contribution in [-0.2, 0) is 14.3 Å². The lowest BCUT2D eigenvalue weighted by atomic mass is 10.1. The molecule has 0 atom stereocenters. The van der Waals surface area contributed by atoms with Crippen LogP contribution < -0.4 is 0 Å². The first-order valence-corrected chi connectivity index (χ1v) is 7.25. The zero-order chi connectivity index (χ0) is 14.3. The number of esters is 1. The molecule has 0 radical (unpaired) electrons. The van der Waals surface area contributed by atoms with Gasteiger partial charge in [-0.3, -0.25) is 0 Å². The standard InChI is InChI=1S/C16H28O3/c1-4-6-7-8-9-10-11-13-19-16(17)15(3)14-18-12-5-2/h5H,2-4,6-14H2,1H3. The van der Waals surface area contributed by atoms with Gasteiger partial charge in [0.2, 0.25) is 0 Å². The van der Waals surface area contributed by atoms with Crippen LogP contribution in [0.3, 0.4) is 0 Å². The molecule has 0 saturated heterocycles. The van der Waals surface area contributed by atoms with Crippen molar-refractivity contribution in [1.82, 2.24) is 0 Å². The van der Waals surface area contributed by atoms with Crippen molar-refractivity contribution in [1.29, 1.82) is 0 Å². The summed E-state index contributed by atoms with van der Waals surface area (Å²) in [5, 5.41) is 0. The minimum Gasteiger partial charge on any atom is -0.462 e. The summed E-state index contributed by atoms with van der Waals surface area (Å²) < 4.78 is 10.2. The average Bonchev–Trinajstić information content (AvgIpc) is 2.41. The Kier molecular flexibility index (Phi) is 12.6. The van der Waals surface area contributed by atoms with E-state index in [-0.39, 0.29) is 12.6 Å². The van der Waals surface area contributed by atoms with Gasteiger partial charge in [0.1, 0.15) is 0 Å². The van der Waals surface area contributed by atoms with E-state index >= 15 is 0 Å². The monoisotopic (exact) mass is 268 g/mol. The number of hydrogen-bond acceptors (Lipinski definition) is 3. The van der Waals surface area contributed by atoms with Gasteiger partial charge in [-0.1, -0.05) is 58.1 Å². The predicted molar refractivity (Wildman–Crippen MR) is 79.1 cm³/mol. The van der Waals surface area contributed by atoms with Crippen molar-refractivity contribution in [2.45, 2.75) is 51.9 Å². The normalized spacial score (nSPS) is 10.2. The number of carbonyl (C=O) groups excluding carboxylic acids is 1. The van der Waals surface area contributed by atoms with Crippen LogP contribution in [0.15, 0.2) is 24.8 Å². The van der Waals surface area contributed by atoms with E-state index < -0.39 is 0 Å². The summed E-state index contributed by atoms with van der Waals surface area (Å²) in [6, 6.07) is 0. The van der Waals surface area contributed by atoms with Gasteiger partial charge in [0, 0.05) is 0 Å². The molecule has 0 unspecified atom stereocenters. The van der Waals surface area contributed by atoms with Crippen molar-refractivity contribution in [3.05, 3.63) is 24.8 Å². The lowest BCUT2D eigenvalue weighted by Crippen LogP contribution is -2.12. The van der Waals surface area contributed by atoms with E-state index in [1.54, 1.807) is 6.08 Å². The molecular formula is C16H28O3. The molecule has 0 aromatic carbocycles. The highest BCUT2D eigenvalue weighted by Crippen LogP contribution is 2.07. The molecule has 0 aliphatic heterocycles. The molecule has 0 aliphatic carbocycles. The Labute approximate surface area is 117 Å². The molecule has 0 aromatic heterocycles. The quantitative estimate of drug-likeness (QED) is 0.219. The van der Waals surface area contributed by atoms with Crippen LogP contribution >= 0.6 is 0 Å². The molecule has 0 N–H and O–H groups in total. The van der Waals surface area contributed by atoms with Gasteiger partial charge in [0.25, 0.3) is 0 Å². The van der Waals surface area contributed by atoms with Gasteiger partial charge in [0.05, 0.1) is 25.4 Å². The SMILES string of the molecule is C=CCOCC(=C)C(=O)OCCCCCCCCC. The van der Waals surface area contributed by atoms with E-state index in [0.29, 0.717) is 18.8 Å². The van der Waals surface area contributed by atoms with Crippen LogP contribution in [0, 0.1) is 0 Å². The molecule has 110 valence electrons. The van der Waals surface area contributed by atoms with E-state index in [1.807, 2.05) is 0 Å². The second kappa shape index (κ2) is 13.3. The summed E-state index contributed by atoms with van der Waals surface area (Å²) >= 11 is 0. The largest absolute Gasteiger partial charge is 0.462 e. The van der Waals surface area contributed by atoms with Crippen LogP contribution in [0.1, 0.15) is 51.9 Å². The van der Waals surface area contributed by atoms with Gasteiger partial charge in [-0.25, -0.2) is 4.79 Å². The Hall–Kier alpha value is -1.09. The summed E-state index contributed by atoms with van der Waals surface area (Å²) in [7, 11) is 0. The molecule has 3 nitrogen and oxygen atoms in total. The number of carbonyl (C=O) groups is 1. The fourth-order valence-electron chi connectivity index (χ4n) is 1.65. The Morgan fingerprint density at radius 2 is 1.74 bits per heavy atom. The number of ether oxygens (including phenoxy) is 2. The molecule has 0 rings (SSSR count). The third-order valence-corrected chi connectivity index (χ3v) is 2.78. The molecule has 0 amide bonds. The van der Waals surface area contributed by atoms with Crippen LogP contribution in [0.2, 0.25) is 0 Å². The molecule has 0 spiro atoms. The van der Waals surface area contributed by atoms with Crippen molar-refractivity contribution in [2.75, 3.05) is 19.8 Å². The van der Waals surface area contributed by atoms with E-state index in [2.05, 4.69) is 20.1 Å². The van der Waals surface area contributed by atoms with Crippen molar-refractivity contribution in [3.8, 4) is 0 Å². The summed E-state index contributed by atoms with van der Waals surface area (Å²) in [5.41, 5.74) is 0.366. The molecule has 0 aromatic rings. The molecule has 0 fully saturated rings. The molecule has 0 bridgehead atoms. The minimum atomic E-state index is -0.352. The summed E-state index contributed by atoms with van der Waals surface area (Å²) in [6.07, 6.45) is 10.1. The summed E-state index contributed by atoms with van der Waals surface area (Å²) in [6.45, 7) is 10.5. The molecule has 3 heteroatoms. The maximum absolute atomic E-state index is 11.5. The first-order chi connectivity index (χ1) is 9.22. The van der Waals surface area contributed by atoms with Gasteiger partial charge in [0.15, 0.2) is 0 Å². The number of hydrogen-bond donors (Lipinski definition) is 0. The van der Waals surface area contributed by atoms with E-state index in [0.717, 1.165) is 12.8 Å². The zero-order valence-electron chi connectivity index (χ0n) is 12.3. The Morgan fingerprint density at radius 1 is 1.11 bits per heavy atom. The summed E-state index contributed by atoms with van der Waals surface area (Å²) in [5.74, 6) is -0.352. The smallest absolute Gasteiger partial charge is 0.335 e. The molecule has 0 saturated carbocycles. The highest BCUT2D eigenvalue weighted by atomic mass is 16.5. The highest BCUT2D eigenvalue weighted by Gasteiger charge is 2.07. The second-order valence-electron chi connectivity index (χ2n) is 4.66. The average molecular weight is 268 g/mol. The first kappa shape index (κ1) is 17.9. The minimum absolute atomic E-state index is 0.210. The van der Waals surface area contributed by atoms with E-state index in [4.69, 9.17) is 9.47 Å². The lowest BCUT2D eigenvalue weighted by Gasteiger charge is -2.07. The topological polar surface area (TPSA) is 35.5 Å². The van der Waals surface area contributed by atoms with Crippen molar-refractivity contribution >= 4 is 5.97 Å². The van der Waals surface area contributed by atoms with E-state index in [1.165, 1.54) is 32.1 Å². The summed E-state index contributed by atoms with van der Waals surface area (Å²) in [4.78, 5) is 11.5. The van der Waals surface area contributed by atoms with Gasteiger partial charge >= 0.3 is 5.97 Å². The van der Waals surface area contributed by atoms with Crippen molar-refractivity contribution in [3.63, 3.8) is 0 Å². The number of unbranched alkanes of at least 4 members (excludes halogenated alkanes) is 6. The zero-order valence-corrected chi connectivity index (χ0v) is 12.3. The van der Waals surface area contributed by atoms with Crippen LogP contribution in [-0.4, -0.2) is 25.8 Å². The molecule has 0 heterocycles. The van der Waals surface area contributed by atoms with Crippen LogP contribution in [0.4, 0.5) is 0 Å². The van der Waals surface area contributed by atoms with Gasteiger partial charge in [-0.2, -0.15) is 0 Å². The Bertz CT molecular complexity index is 259. The van der Waals surface area contributed by atoms with Gasteiger partial charge < -0.3 is 9.47 Å². The maximum Gasteiger partial charge on any atom is 0.335 e. The fraction of sp³-hybridized carbons (Fsp3) is 0.688.